The van der Waals surface area contributed by atoms with Crippen LogP contribution in [0.4, 0.5) is 13.2 Å². The van der Waals surface area contributed by atoms with Crippen molar-refractivity contribution in [3.05, 3.63) is 59.7 Å². The topological polar surface area (TPSA) is 63.7 Å². The summed E-state index contributed by atoms with van der Waals surface area (Å²) >= 11 is 0. The lowest BCUT2D eigenvalue weighted by atomic mass is 9.83. The fourth-order valence-electron chi connectivity index (χ4n) is 3.83. The summed E-state index contributed by atoms with van der Waals surface area (Å²) in [6.07, 6.45) is -4.08. The van der Waals surface area contributed by atoms with Gasteiger partial charge in [-0.15, -0.1) is 0 Å². The van der Waals surface area contributed by atoms with Gasteiger partial charge in [-0.3, -0.25) is 4.79 Å². The first-order valence-electron chi connectivity index (χ1n) is 9.09. The van der Waals surface area contributed by atoms with Gasteiger partial charge in [-0.25, -0.2) is 8.42 Å². The van der Waals surface area contributed by atoms with Gasteiger partial charge >= 0.3 is 6.18 Å². The first-order valence-corrected chi connectivity index (χ1v) is 10.5. The maximum atomic E-state index is 13.0. The van der Waals surface area contributed by atoms with Gasteiger partial charge in [-0.05, 0) is 30.3 Å². The van der Waals surface area contributed by atoms with E-state index >= 15 is 0 Å². The van der Waals surface area contributed by atoms with Gasteiger partial charge in [0.2, 0.25) is 10.0 Å². The van der Waals surface area contributed by atoms with Gasteiger partial charge in [-0.2, -0.15) is 17.5 Å². The summed E-state index contributed by atoms with van der Waals surface area (Å²) in [6.45, 7) is 0.248. The zero-order valence-corrected chi connectivity index (χ0v) is 16.1. The first-order chi connectivity index (χ1) is 13.6. The molecule has 154 valence electrons. The molecule has 1 saturated heterocycles. The minimum absolute atomic E-state index is 0.0184. The lowest BCUT2D eigenvalue weighted by Gasteiger charge is -2.43. The minimum Gasteiger partial charge on any atom is -0.486 e. The predicted octanol–water partition coefficient (Wildman–Crippen LogP) is 3.89. The molecule has 2 aromatic rings. The van der Waals surface area contributed by atoms with Gasteiger partial charge in [0.1, 0.15) is 11.4 Å². The number of fused-ring (bicyclic) bond motifs is 1. The Morgan fingerprint density at radius 2 is 1.66 bits per heavy atom. The van der Waals surface area contributed by atoms with Crippen molar-refractivity contribution in [3.8, 4) is 5.75 Å². The van der Waals surface area contributed by atoms with Crippen LogP contribution in [-0.4, -0.2) is 37.2 Å². The Morgan fingerprint density at radius 3 is 2.28 bits per heavy atom. The van der Waals surface area contributed by atoms with Gasteiger partial charge in [0.05, 0.1) is 22.4 Å². The molecule has 2 aliphatic rings. The molecule has 29 heavy (non-hydrogen) atoms. The van der Waals surface area contributed by atoms with E-state index in [4.69, 9.17) is 4.74 Å². The molecule has 0 N–H and O–H groups in total. The van der Waals surface area contributed by atoms with Crippen LogP contribution in [0.15, 0.2) is 53.4 Å². The van der Waals surface area contributed by atoms with Crippen molar-refractivity contribution in [3.63, 3.8) is 0 Å². The van der Waals surface area contributed by atoms with E-state index in [0.29, 0.717) is 0 Å². The summed E-state index contributed by atoms with van der Waals surface area (Å²) in [5.74, 6) is -0.380. The molecule has 2 aliphatic heterocycles. The van der Waals surface area contributed by atoms with Crippen LogP contribution in [0, 0.1) is 0 Å². The SMILES string of the molecule is O=C1CC2(CCN(S(=O)(=O)c3ccccc3)CC2)Oc2cc(C(F)(F)F)ccc21. The molecule has 0 bridgehead atoms. The van der Waals surface area contributed by atoms with E-state index in [9.17, 15) is 26.4 Å². The van der Waals surface area contributed by atoms with Gasteiger partial charge in [0.25, 0.3) is 0 Å². The van der Waals surface area contributed by atoms with Crippen molar-refractivity contribution in [2.24, 2.45) is 0 Å². The number of ketones is 1. The molecule has 0 atom stereocenters. The van der Waals surface area contributed by atoms with Crippen LogP contribution in [0.25, 0.3) is 0 Å². The van der Waals surface area contributed by atoms with Crippen LogP contribution >= 0.6 is 0 Å². The molecule has 0 unspecified atom stereocenters. The van der Waals surface area contributed by atoms with Crippen LogP contribution in [-0.2, 0) is 16.2 Å². The van der Waals surface area contributed by atoms with Crippen LogP contribution in [0.3, 0.4) is 0 Å². The highest BCUT2D eigenvalue weighted by atomic mass is 32.2. The van der Waals surface area contributed by atoms with E-state index in [1.807, 2.05) is 0 Å². The standard InChI is InChI=1S/C20H18F3NO4S/c21-20(22,23)14-6-7-16-17(25)13-19(28-18(16)12-14)8-10-24(11-9-19)29(26,27)15-4-2-1-3-5-15/h1-7,12H,8-11,13H2. The minimum atomic E-state index is -4.54. The number of rotatable bonds is 2. The number of sulfonamides is 1. The van der Waals surface area contributed by atoms with Gasteiger partial charge in [0, 0.05) is 25.9 Å². The molecule has 1 spiro atoms. The average molecular weight is 425 g/mol. The molecule has 0 aromatic heterocycles. The fraction of sp³-hybridized carbons (Fsp3) is 0.350. The number of carbonyl (C=O) groups excluding carboxylic acids is 1. The Balaban J connectivity index is 1.56. The van der Waals surface area contributed by atoms with Gasteiger partial charge in [-0.1, -0.05) is 18.2 Å². The van der Waals surface area contributed by atoms with Gasteiger partial charge < -0.3 is 4.74 Å². The number of halogens is 3. The van der Waals surface area contributed by atoms with Crippen molar-refractivity contribution < 1.29 is 31.1 Å². The summed E-state index contributed by atoms with van der Waals surface area (Å²) in [5.41, 5.74) is -1.75. The van der Waals surface area contributed by atoms with Crippen molar-refractivity contribution >= 4 is 15.8 Å². The Hall–Kier alpha value is -2.39. The van der Waals surface area contributed by atoms with E-state index in [1.54, 1.807) is 18.2 Å². The summed E-state index contributed by atoms with van der Waals surface area (Å²) in [7, 11) is -3.67. The highest BCUT2D eigenvalue weighted by Crippen LogP contribution is 2.42. The second-order valence-corrected chi connectivity index (χ2v) is 9.25. The second-order valence-electron chi connectivity index (χ2n) is 7.31. The average Bonchev–Trinajstić information content (AvgIpc) is 2.68. The third-order valence-electron chi connectivity index (χ3n) is 5.43. The molecular weight excluding hydrogens is 407 g/mol. The van der Waals surface area contributed by atoms with Crippen LogP contribution in [0.2, 0.25) is 0 Å². The monoisotopic (exact) mass is 425 g/mol. The molecule has 0 radical (unpaired) electrons. The largest absolute Gasteiger partial charge is 0.486 e. The molecule has 0 aliphatic carbocycles. The highest BCUT2D eigenvalue weighted by Gasteiger charge is 2.45. The number of carbonyl (C=O) groups is 1. The molecular formula is C20H18F3NO4S. The maximum Gasteiger partial charge on any atom is 0.416 e. The molecule has 2 aromatic carbocycles. The molecule has 5 nitrogen and oxygen atoms in total. The maximum absolute atomic E-state index is 13.0. The number of hydrogen-bond acceptors (Lipinski definition) is 4. The molecule has 1 fully saturated rings. The Labute approximate surface area is 166 Å². The van der Waals surface area contributed by atoms with Gasteiger partial charge in [0.15, 0.2) is 5.78 Å². The van der Waals surface area contributed by atoms with Crippen molar-refractivity contribution in [2.75, 3.05) is 13.1 Å². The lowest BCUT2D eigenvalue weighted by molar-refractivity contribution is -0.137. The van der Waals surface area contributed by atoms with E-state index in [1.165, 1.54) is 16.4 Å². The molecule has 9 heteroatoms. The predicted molar refractivity (Wildman–Crippen MR) is 98.2 cm³/mol. The molecule has 0 saturated carbocycles. The van der Waals surface area contributed by atoms with Crippen LogP contribution in [0.1, 0.15) is 35.2 Å². The van der Waals surface area contributed by atoms with Crippen LogP contribution in [0.5, 0.6) is 5.75 Å². The molecule has 4 rings (SSSR count). The number of hydrogen-bond donors (Lipinski definition) is 0. The Bertz CT molecular complexity index is 1040. The van der Waals surface area contributed by atoms with Crippen molar-refractivity contribution in [1.82, 2.24) is 4.31 Å². The van der Waals surface area contributed by atoms with Crippen LogP contribution < -0.4 is 4.74 Å². The Kier molecular flexibility index (Phi) is 4.70. The number of ether oxygens (including phenoxy) is 1. The van der Waals surface area contributed by atoms with E-state index in [2.05, 4.69) is 0 Å². The number of alkyl halides is 3. The molecule has 2 heterocycles. The van der Waals surface area contributed by atoms with E-state index in [0.717, 1.165) is 18.2 Å². The number of piperidine rings is 1. The van der Waals surface area contributed by atoms with E-state index < -0.39 is 27.4 Å². The third-order valence-corrected chi connectivity index (χ3v) is 7.35. The zero-order chi connectivity index (χ0) is 20.9. The second kappa shape index (κ2) is 6.84. The number of Topliss-reactive ketones (excluding diaryl/α,β-unsaturated/α-hetero) is 1. The highest BCUT2D eigenvalue weighted by molar-refractivity contribution is 7.89. The number of nitrogens with zero attached hydrogens (tertiary/aromatic N) is 1. The van der Waals surface area contributed by atoms with Crippen molar-refractivity contribution in [2.45, 2.75) is 35.9 Å². The molecule has 0 amide bonds. The van der Waals surface area contributed by atoms with E-state index in [-0.39, 0.29) is 54.3 Å². The normalized spacial score (nSPS) is 19.6. The summed E-state index contributed by atoms with van der Waals surface area (Å²) < 4.78 is 71.8. The number of benzene rings is 2. The first kappa shape index (κ1) is 19.9. The zero-order valence-electron chi connectivity index (χ0n) is 15.3. The quantitative estimate of drug-likeness (QED) is 0.732. The fourth-order valence-corrected chi connectivity index (χ4v) is 5.29. The smallest absolute Gasteiger partial charge is 0.416 e. The third kappa shape index (κ3) is 3.64. The lowest BCUT2D eigenvalue weighted by Crippen LogP contribution is -2.52. The Morgan fingerprint density at radius 1 is 1.00 bits per heavy atom. The van der Waals surface area contributed by atoms with Crippen molar-refractivity contribution in [1.29, 1.82) is 0 Å². The summed E-state index contributed by atoms with van der Waals surface area (Å²) in [6, 6.07) is 10.9. The summed E-state index contributed by atoms with van der Waals surface area (Å²) in [5, 5.41) is 0. The summed E-state index contributed by atoms with van der Waals surface area (Å²) in [4.78, 5) is 12.7.